The number of aryl methyl sites for hydroxylation is 4. The van der Waals surface area contributed by atoms with E-state index in [9.17, 15) is 9.59 Å². The molecule has 2 amide bonds. The van der Waals surface area contributed by atoms with Gasteiger partial charge in [-0.1, -0.05) is 18.2 Å². The molecule has 150 valence electrons. The summed E-state index contributed by atoms with van der Waals surface area (Å²) in [7, 11) is 0. The van der Waals surface area contributed by atoms with Gasteiger partial charge in [-0.15, -0.1) is 0 Å². The van der Waals surface area contributed by atoms with E-state index in [4.69, 9.17) is 0 Å². The van der Waals surface area contributed by atoms with Gasteiger partial charge in [0, 0.05) is 12.1 Å². The summed E-state index contributed by atoms with van der Waals surface area (Å²) in [5, 5.41) is 0. The molecule has 1 heterocycles. The molecule has 0 fully saturated rings. The van der Waals surface area contributed by atoms with Crippen molar-refractivity contribution in [1.82, 2.24) is 20.4 Å². The Hall–Kier alpha value is -3.15. The van der Waals surface area contributed by atoms with Crippen molar-refractivity contribution in [3.05, 3.63) is 64.5 Å². The topological polar surface area (TPSA) is 76.0 Å². The highest BCUT2D eigenvalue weighted by atomic mass is 16.2. The van der Waals surface area contributed by atoms with E-state index in [1.165, 1.54) is 24.0 Å². The number of carbonyl (C=O) groups is 2. The molecule has 6 heteroatoms. The Morgan fingerprint density at radius 2 is 1.83 bits per heavy atom. The van der Waals surface area contributed by atoms with Crippen molar-refractivity contribution in [2.24, 2.45) is 0 Å². The molecule has 1 aliphatic rings. The third-order valence-electron chi connectivity index (χ3n) is 5.61. The highest BCUT2D eigenvalue weighted by molar-refractivity contribution is 5.98. The Balaban J connectivity index is 1.38. The first-order chi connectivity index (χ1) is 14.0. The third-order valence-corrected chi connectivity index (χ3v) is 5.61. The number of carbonyl (C=O) groups excluding carboxylic acids is 2. The average Bonchev–Trinajstić information content (AvgIpc) is 3.05. The van der Waals surface area contributed by atoms with E-state index < -0.39 is 0 Å². The Bertz CT molecular complexity index is 1080. The van der Waals surface area contributed by atoms with Gasteiger partial charge in [-0.3, -0.25) is 20.4 Å². The first-order valence-corrected chi connectivity index (χ1v) is 10.2. The Kier molecular flexibility index (Phi) is 5.34. The molecule has 0 bridgehead atoms. The van der Waals surface area contributed by atoms with Crippen LogP contribution in [0.5, 0.6) is 0 Å². The summed E-state index contributed by atoms with van der Waals surface area (Å²) < 4.78 is 2.09. The lowest BCUT2D eigenvalue weighted by atomic mass is 9.90. The third kappa shape index (κ3) is 4.01. The molecule has 0 radical (unpaired) electrons. The molecule has 4 rings (SSSR count). The predicted molar refractivity (Wildman–Crippen MR) is 113 cm³/mol. The van der Waals surface area contributed by atoms with Gasteiger partial charge < -0.3 is 4.57 Å². The fourth-order valence-corrected chi connectivity index (χ4v) is 4.12. The molecular formula is C23H26N4O2. The highest BCUT2D eigenvalue weighted by Gasteiger charge is 2.13. The zero-order chi connectivity index (χ0) is 20.4. The van der Waals surface area contributed by atoms with Crippen molar-refractivity contribution in [3.63, 3.8) is 0 Å². The first-order valence-electron chi connectivity index (χ1n) is 10.2. The number of nitrogens with zero attached hydrogens (tertiary/aromatic N) is 2. The van der Waals surface area contributed by atoms with Gasteiger partial charge in [-0.2, -0.15) is 0 Å². The van der Waals surface area contributed by atoms with Crippen LogP contribution in [0.25, 0.3) is 11.0 Å². The lowest BCUT2D eigenvalue weighted by Gasteiger charge is -2.16. The highest BCUT2D eigenvalue weighted by Crippen LogP contribution is 2.22. The summed E-state index contributed by atoms with van der Waals surface area (Å²) in [4.78, 5) is 29.2. The van der Waals surface area contributed by atoms with E-state index in [0.717, 1.165) is 41.8 Å². The molecule has 0 atom stereocenters. The predicted octanol–water partition coefficient (Wildman–Crippen LogP) is 3.25. The molecular weight excluding hydrogens is 364 g/mol. The summed E-state index contributed by atoms with van der Waals surface area (Å²) in [6, 6.07) is 11.6. The second-order valence-electron chi connectivity index (χ2n) is 7.60. The molecule has 0 unspecified atom stereocenters. The Morgan fingerprint density at radius 3 is 2.62 bits per heavy atom. The number of imidazole rings is 1. The quantitative estimate of drug-likeness (QED) is 0.672. The number of amides is 2. The molecule has 1 aromatic heterocycles. The van der Waals surface area contributed by atoms with Crippen LogP contribution >= 0.6 is 0 Å². The van der Waals surface area contributed by atoms with Crippen LogP contribution in [0.1, 0.15) is 52.6 Å². The number of hydrogen-bond acceptors (Lipinski definition) is 3. The second kappa shape index (κ2) is 8.07. The molecule has 0 saturated heterocycles. The molecule has 0 spiro atoms. The van der Waals surface area contributed by atoms with Crippen LogP contribution in [0.15, 0.2) is 36.4 Å². The van der Waals surface area contributed by atoms with E-state index in [1.54, 1.807) is 12.1 Å². The Labute approximate surface area is 170 Å². The smallest absolute Gasteiger partial charge is 0.269 e. The van der Waals surface area contributed by atoms with E-state index in [1.807, 2.05) is 19.1 Å². The zero-order valence-corrected chi connectivity index (χ0v) is 16.9. The van der Waals surface area contributed by atoms with Gasteiger partial charge in [0.1, 0.15) is 5.82 Å². The van der Waals surface area contributed by atoms with Gasteiger partial charge in [-0.25, -0.2) is 4.98 Å². The standard InChI is InChI=1S/C23H26N4O2/c1-3-27-15(2)24-20-14-19(10-11-21(20)27)23(29)26-25-22(28)13-16-8-9-17-6-4-5-7-18(17)12-16/h8-12,14H,3-7,13H2,1-2H3,(H,25,28)(H,26,29). The minimum Gasteiger partial charge on any atom is -0.329 e. The molecule has 6 nitrogen and oxygen atoms in total. The summed E-state index contributed by atoms with van der Waals surface area (Å²) in [5.41, 5.74) is 11.0. The summed E-state index contributed by atoms with van der Waals surface area (Å²) in [6.07, 6.45) is 4.89. The normalized spacial score (nSPS) is 13.2. The Morgan fingerprint density at radius 1 is 1.03 bits per heavy atom. The van der Waals surface area contributed by atoms with E-state index >= 15 is 0 Å². The number of rotatable bonds is 4. The lowest BCUT2D eigenvalue weighted by molar-refractivity contribution is -0.121. The van der Waals surface area contributed by atoms with Crippen molar-refractivity contribution < 1.29 is 9.59 Å². The van der Waals surface area contributed by atoms with Gasteiger partial charge in [0.25, 0.3) is 5.91 Å². The SMILES string of the molecule is CCn1c(C)nc2cc(C(=O)NNC(=O)Cc3ccc4c(c3)CCCC4)ccc21. The van der Waals surface area contributed by atoms with Gasteiger partial charge in [0.15, 0.2) is 0 Å². The van der Waals surface area contributed by atoms with Crippen molar-refractivity contribution in [2.75, 3.05) is 0 Å². The summed E-state index contributed by atoms with van der Waals surface area (Å²) >= 11 is 0. The van der Waals surface area contributed by atoms with Crippen LogP contribution in [0.2, 0.25) is 0 Å². The molecule has 2 aromatic carbocycles. The van der Waals surface area contributed by atoms with Gasteiger partial charge in [0.05, 0.1) is 17.5 Å². The number of fused-ring (bicyclic) bond motifs is 2. The van der Waals surface area contributed by atoms with Crippen molar-refractivity contribution in [3.8, 4) is 0 Å². The maximum absolute atomic E-state index is 12.4. The lowest BCUT2D eigenvalue weighted by Crippen LogP contribution is -2.42. The van der Waals surface area contributed by atoms with Gasteiger partial charge in [0.2, 0.25) is 5.91 Å². The largest absolute Gasteiger partial charge is 0.329 e. The summed E-state index contributed by atoms with van der Waals surface area (Å²) in [6.45, 7) is 4.84. The van der Waals surface area contributed by atoms with Crippen molar-refractivity contribution in [1.29, 1.82) is 0 Å². The molecule has 2 N–H and O–H groups in total. The number of benzene rings is 2. The fourth-order valence-electron chi connectivity index (χ4n) is 4.12. The minimum absolute atomic E-state index is 0.235. The van der Waals surface area contributed by atoms with Gasteiger partial charge in [-0.05, 0) is 74.4 Å². The maximum atomic E-state index is 12.4. The van der Waals surface area contributed by atoms with Crippen LogP contribution in [0.4, 0.5) is 0 Å². The number of hydrazine groups is 1. The van der Waals surface area contributed by atoms with Crippen LogP contribution in [-0.2, 0) is 30.6 Å². The average molecular weight is 390 g/mol. The molecule has 29 heavy (non-hydrogen) atoms. The van der Waals surface area contributed by atoms with Crippen molar-refractivity contribution >= 4 is 22.8 Å². The monoisotopic (exact) mass is 390 g/mol. The van der Waals surface area contributed by atoms with Crippen LogP contribution in [-0.4, -0.2) is 21.4 Å². The van der Waals surface area contributed by atoms with Crippen molar-refractivity contribution in [2.45, 2.75) is 52.5 Å². The first kappa shape index (κ1) is 19.2. The van der Waals surface area contributed by atoms with Crippen LogP contribution < -0.4 is 10.9 Å². The summed E-state index contributed by atoms with van der Waals surface area (Å²) in [5.74, 6) is 0.328. The number of nitrogens with one attached hydrogen (secondary N) is 2. The van der Waals surface area contributed by atoms with E-state index in [0.29, 0.717) is 5.56 Å². The minimum atomic E-state index is -0.352. The van der Waals surface area contributed by atoms with Crippen LogP contribution in [0, 0.1) is 6.92 Å². The van der Waals surface area contributed by atoms with Crippen LogP contribution in [0.3, 0.4) is 0 Å². The van der Waals surface area contributed by atoms with E-state index in [2.05, 4.69) is 39.5 Å². The maximum Gasteiger partial charge on any atom is 0.269 e. The molecule has 0 saturated carbocycles. The zero-order valence-electron chi connectivity index (χ0n) is 16.9. The second-order valence-corrected chi connectivity index (χ2v) is 7.60. The fraction of sp³-hybridized carbons (Fsp3) is 0.348. The molecule has 0 aliphatic heterocycles. The molecule has 3 aromatic rings. The van der Waals surface area contributed by atoms with E-state index in [-0.39, 0.29) is 18.2 Å². The number of hydrogen-bond donors (Lipinski definition) is 2. The van der Waals surface area contributed by atoms with Gasteiger partial charge >= 0.3 is 0 Å². The number of aromatic nitrogens is 2. The molecule has 1 aliphatic carbocycles.